The third-order valence-electron chi connectivity index (χ3n) is 1.35. The van der Waals surface area contributed by atoms with Crippen molar-refractivity contribution < 1.29 is 0 Å². The third-order valence-corrected chi connectivity index (χ3v) is 1.54. The molecule has 0 saturated heterocycles. The first kappa shape index (κ1) is 9.22. The number of hydrogen-bond acceptors (Lipinski definition) is 4. The van der Waals surface area contributed by atoms with E-state index in [1.807, 2.05) is 6.92 Å². The van der Waals surface area contributed by atoms with Gasteiger partial charge in [-0.15, -0.1) is 0 Å². The molecule has 1 atom stereocenters. The predicted molar refractivity (Wildman–Crippen MR) is 49.2 cm³/mol. The average Bonchev–Trinajstić information content (AvgIpc) is 2.09. The van der Waals surface area contributed by atoms with Gasteiger partial charge in [-0.25, -0.2) is 9.97 Å². The van der Waals surface area contributed by atoms with Gasteiger partial charge in [0.1, 0.15) is 0 Å². The summed E-state index contributed by atoms with van der Waals surface area (Å²) < 4.78 is 0. The number of aromatic nitrogens is 2. The van der Waals surface area contributed by atoms with Crippen LogP contribution >= 0.6 is 11.6 Å². The van der Waals surface area contributed by atoms with Gasteiger partial charge in [-0.1, -0.05) is 11.6 Å². The molecule has 0 aliphatic rings. The maximum atomic E-state index is 5.60. The summed E-state index contributed by atoms with van der Waals surface area (Å²) >= 11 is 5.60. The molecule has 0 amide bonds. The highest BCUT2D eigenvalue weighted by Crippen LogP contribution is 2.05. The Hall–Kier alpha value is -0.870. The molecule has 66 valence electrons. The predicted octanol–water partition coefficient (Wildman–Crippen LogP) is 0.889. The number of hydrogen-bond donors (Lipinski definition) is 2. The molecule has 0 aliphatic carbocycles. The lowest BCUT2D eigenvalue weighted by atomic mass is 10.3. The molecule has 0 aliphatic heterocycles. The summed E-state index contributed by atoms with van der Waals surface area (Å²) in [5, 5.41) is 3.54. The standard InChI is InChI=1S/C7H11ClN4/c1-5(2-9)12-7-10-3-6(8)4-11-7/h3-5H,2,9H2,1H3,(H,10,11,12). The molecule has 3 N–H and O–H groups in total. The molecule has 1 aromatic heterocycles. The van der Waals surface area contributed by atoms with Crippen LogP contribution in [0.3, 0.4) is 0 Å². The maximum absolute atomic E-state index is 5.60. The van der Waals surface area contributed by atoms with Crippen molar-refractivity contribution in [1.82, 2.24) is 9.97 Å². The molecule has 0 radical (unpaired) electrons. The van der Waals surface area contributed by atoms with Gasteiger partial charge in [-0.05, 0) is 6.92 Å². The first-order valence-corrected chi connectivity index (χ1v) is 4.04. The molecule has 4 nitrogen and oxygen atoms in total. The van der Waals surface area contributed by atoms with Crippen molar-refractivity contribution in [3.05, 3.63) is 17.4 Å². The van der Waals surface area contributed by atoms with Crippen LogP contribution in [0.25, 0.3) is 0 Å². The Morgan fingerprint density at radius 2 is 2.17 bits per heavy atom. The fourth-order valence-corrected chi connectivity index (χ4v) is 0.764. The summed E-state index contributed by atoms with van der Waals surface area (Å²) in [6, 6.07) is 0.172. The SMILES string of the molecule is CC(CN)Nc1ncc(Cl)cn1. The minimum absolute atomic E-state index is 0.172. The van der Waals surface area contributed by atoms with Crippen LogP contribution in [0.2, 0.25) is 5.02 Å². The van der Waals surface area contributed by atoms with E-state index in [2.05, 4.69) is 15.3 Å². The average molecular weight is 187 g/mol. The summed E-state index contributed by atoms with van der Waals surface area (Å²) in [5.74, 6) is 0.553. The first-order valence-electron chi connectivity index (χ1n) is 3.66. The molecule has 0 bridgehead atoms. The van der Waals surface area contributed by atoms with Crippen LogP contribution in [-0.4, -0.2) is 22.6 Å². The lowest BCUT2D eigenvalue weighted by Crippen LogP contribution is -2.26. The van der Waals surface area contributed by atoms with Gasteiger partial charge >= 0.3 is 0 Å². The molecule has 0 saturated carbocycles. The van der Waals surface area contributed by atoms with E-state index in [-0.39, 0.29) is 6.04 Å². The number of halogens is 1. The van der Waals surface area contributed by atoms with E-state index in [9.17, 15) is 0 Å². The maximum Gasteiger partial charge on any atom is 0.222 e. The lowest BCUT2D eigenvalue weighted by molar-refractivity contribution is 0.790. The molecular formula is C7H11ClN4. The monoisotopic (exact) mass is 186 g/mol. The third kappa shape index (κ3) is 2.64. The Kier molecular flexibility index (Phi) is 3.25. The molecule has 1 rings (SSSR count). The highest BCUT2D eigenvalue weighted by Gasteiger charge is 2.00. The topological polar surface area (TPSA) is 63.8 Å². The van der Waals surface area contributed by atoms with Crippen molar-refractivity contribution in [2.75, 3.05) is 11.9 Å². The number of nitrogens with two attached hydrogens (primary N) is 1. The van der Waals surface area contributed by atoms with Gasteiger partial charge < -0.3 is 11.1 Å². The summed E-state index contributed by atoms with van der Waals surface area (Å²) in [6.45, 7) is 2.50. The molecule has 1 unspecified atom stereocenters. The van der Waals surface area contributed by atoms with Crippen LogP contribution in [-0.2, 0) is 0 Å². The number of rotatable bonds is 3. The highest BCUT2D eigenvalue weighted by molar-refractivity contribution is 6.30. The second-order valence-corrected chi connectivity index (χ2v) is 2.94. The second kappa shape index (κ2) is 4.23. The molecular weight excluding hydrogens is 176 g/mol. The Balaban J connectivity index is 2.58. The number of anilines is 1. The van der Waals surface area contributed by atoms with E-state index < -0.39 is 0 Å². The zero-order chi connectivity index (χ0) is 8.97. The van der Waals surface area contributed by atoms with Gasteiger partial charge in [0.2, 0.25) is 5.95 Å². The van der Waals surface area contributed by atoms with Crippen LogP contribution in [0.15, 0.2) is 12.4 Å². The Labute approximate surface area is 76.2 Å². The molecule has 1 heterocycles. The summed E-state index contributed by atoms with van der Waals surface area (Å²) in [5.41, 5.74) is 5.41. The van der Waals surface area contributed by atoms with E-state index in [1.54, 1.807) is 12.4 Å². The number of nitrogens with zero attached hydrogens (tertiary/aromatic N) is 2. The smallest absolute Gasteiger partial charge is 0.222 e. The fraction of sp³-hybridized carbons (Fsp3) is 0.429. The Morgan fingerprint density at radius 3 is 2.67 bits per heavy atom. The molecule has 5 heteroatoms. The Morgan fingerprint density at radius 1 is 1.58 bits per heavy atom. The van der Waals surface area contributed by atoms with Gasteiger partial charge in [-0.3, -0.25) is 0 Å². The van der Waals surface area contributed by atoms with Crippen LogP contribution in [0.5, 0.6) is 0 Å². The zero-order valence-corrected chi connectivity index (χ0v) is 7.54. The van der Waals surface area contributed by atoms with Crippen molar-refractivity contribution in [1.29, 1.82) is 0 Å². The van der Waals surface area contributed by atoms with E-state index >= 15 is 0 Å². The summed E-state index contributed by atoms with van der Waals surface area (Å²) in [7, 11) is 0. The molecule has 12 heavy (non-hydrogen) atoms. The number of nitrogens with one attached hydrogen (secondary N) is 1. The van der Waals surface area contributed by atoms with Crippen LogP contribution in [0, 0.1) is 0 Å². The minimum atomic E-state index is 0.172. The first-order chi connectivity index (χ1) is 5.72. The molecule has 0 fully saturated rings. The van der Waals surface area contributed by atoms with Crippen molar-refractivity contribution in [2.45, 2.75) is 13.0 Å². The van der Waals surface area contributed by atoms with E-state index in [0.717, 1.165) is 0 Å². The van der Waals surface area contributed by atoms with Crippen LogP contribution in [0.1, 0.15) is 6.92 Å². The van der Waals surface area contributed by atoms with Crippen molar-refractivity contribution in [2.24, 2.45) is 5.73 Å². The van der Waals surface area contributed by atoms with Crippen molar-refractivity contribution in [3.63, 3.8) is 0 Å². The summed E-state index contributed by atoms with van der Waals surface area (Å²) in [4.78, 5) is 7.91. The fourth-order valence-electron chi connectivity index (χ4n) is 0.666. The van der Waals surface area contributed by atoms with Gasteiger partial charge in [0.25, 0.3) is 0 Å². The van der Waals surface area contributed by atoms with Gasteiger partial charge in [0.15, 0.2) is 0 Å². The molecule has 1 aromatic rings. The largest absolute Gasteiger partial charge is 0.351 e. The quantitative estimate of drug-likeness (QED) is 0.736. The summed E-state index contributed by atoms with van der Waals surface area (Å²) in [6.07, 6.45) is 3.08. The highest BCUT2D eigenvalue weighted by atomic mass is 35.5. The van der Waals surface area contributed by atoms with Gasteiger partial charge in [0, 0.05) is 12.6 Å². The van der Waals surface area contributed by atoms with Crippen molar-refractivity contribution in [3.8, 4) is 0 Å². The molecule has 0 spiro atoms. The Bertz CT molecular complexity index is 236. The van der Waals surface area contributed by atoms with Crippen LogP contribution < -0.4 is 11.1 Å². The van der Waals surface area contributed by atoms with Crippen LogP contribution in [0.4, 0.5) is 5.95 Å². The lowest BCUT2D eigenvalue weighted by Gasteiger charge is -2.09. The van der Waals surface area contributed by atoms with E-state index in [0.29, 0.717) is 17.5 Å². The normalized spacial score (nSPS) is 12.6. The van der Waals surface area contributed by atoms with E-state index in [4.69, 9.17) is 17.3 Å². The second-order valence-electron chi connectivity index (χ2n) is 2.51. The van der Waals surface area contributed by atoms with Gasteiger partial charge in [-0.2, -0.15) is 0 Å². The van der Waals surface area contributed by atoms with Crippen molar-refractivity contribution >= 4 is 17.5 Å². The molecule has 0 aromatic carbocycles. The minimum Gasteiger partial charge on any atom is -0.351 e. The van der Waals surface area contributed by atoms with E-state index in [1.165, 1.54) is 0 Å². The zero-order valence-electron chi connectivity index (χ0n) is 6.79. The van der Waals surface area contributed by atoms with Gasteiger partial charge in [0.05, 0.1) is 17.4 Å².